The van der Waals surface area contributed by atoms with E-state index in [1.807, 2.05) is 30.3 Å². The van der Waals surface area contributed by atoms with Crippen LogP contribution in [0.15, 0.2) is 63.9 Å². The largest absolute Gasteiger partial charge is 0.403 e. The van der Waals surface area contributed by atoms with Crippen molar-refractivity contribution in [2.24, 2.45) is 0 Å². The van der Waals surface area contributed by atoms with E-state index in [-0.39, 0.29) is 22.5 Å². The number of hydrogen-bond donors (Lipinski definition) is 1. The van der Waals surface area contributed by atoms with Crippen LogP contribution in [0.2, 0.25) is 0 Å². The Hall–Kier alpha value is -3.04. The third kappa shape index (κ3) is 3.67. The number of rotatable bonds is 6. The van der Waals surface area contributed by atoms with Crippen LogP contribution in [-0.2, 0) is 10.0 Å². The lowest BCUT2D eigenvalue weighted by atomic mass is 10.2. The minimum Gasteiger partial charge on any atom is -0.403 e. The first-order valence-corrected chi connectivity index (χ1v) is 10.2. The van der Waals surface area contributed by atoms with Gasteiger partial charge in [0.05, 0.1) is 4.90 Å². The molecule has 1 saturated carbocycles. The highest BCUT2D eigenvalue weighted by Gasteiger charge is 2.35. The van der Waals surface area contributed by atoms with E-state index in [9.17, 15) is 13.2 Å². The Labute approximate surface area is 162 Å². The van der Waals surface area contributed by atoms with Crippen LogP contribution in [0.4, 0.5) is 6.01 Å². The fourth-order valence-electron chi connectivity index (χ4n) is 2.72. The van der Waals surface area contributed by atoms with E-state index in [1.54, 1.807) is 7.05 Å². The molecule has 1 fully saturated rings. The quantitative estimate of drug-likeness (QED) is 0.684. The lowest BCUT2D eigenvalue weighted by Gasteiger charge is -2.16. The second kappa shape index (κ2) is 7.17. The topological polar surface area (TPSA) is 105 Å². The van der Waals surface area contributed by atoms with Crippen LogP contribution in [0, 0.1) is 0 Å². The van der Waals surface area contributed by atoms with Gasteiger partial charge in [-0.15, -0.1) is 5.10 Å². The summed E-state index contributed by atoms with van der Waals surface area (Å²) in [6, 6.07) is 15.0. The summed E-state index contributed by atoms with van der Waals surface area (Å²) < 4.78 is 31.9. The fraction of sp³-hybridized carbons (Fsp3) is 0.211. The summed E-state index contributed by atoms with van der Waals surface area (Å²) in [6.45, 7) is 0. The van der Waals surface area contributed by atoms with Crippen molar-refractivity contribution in [1.29, 1.82) is 0 Å². The predicted octanol–water partition coefficient (Wildman–Crippen LogP) is 2.77. The first-order chi connectivity index (χ1) is 13.4. The van der Waals surface area contributed by atoms with Crippen molar-refractivity contribution in [3.8, 4) is 11.5 Å². The number of benzene rings is 2. The number of carbonyl (C=O) groups is 1. The molecule has 0 aliphatic heterocycles. The molecule has 2 aromatic carbocycles. The lowest BCUT2D eigenvalue weighted by molar-refractivity contribution is 0.102. The highest BCUT2D eigenvalue weighted by Crippen LogP contribution is 2.30. The van der Waals surface area contributed by atoms with Gasteiger partial charge in [0.2, 0.25) is 15.9 Å². The molecular formula is C19H18N4O4S. The van der Waals surface area contributed by atoms with E-state index < -0.39 is 15.9 Å². The van der Waals surface area contributed by atoms with Crippen LogP contribution in [0.25, 0.3) is 11.5 Å². The second-order valence-corrected chi connectivity index (χ2v) is 8.51. The van der Waals surface area contributed by atoms with Crippen molar-refractivity contribution >= 4 is 21.9 Å². The molecular weight excluding hydrogens is 380 g/mol. The molecule has 0 spiro atoms. The predicted molar refractivity (Wildman–Crippen MR) is 102 cm³/mol. The molecule has 1 aliphatic carbocycles. The van der Waals surface area contributed by atoms with Crippen molar-refractivity contribution in [3.63, 3.8) is 0 Å². The van der Waals surface area contributed by atoms with Gasteiger partial charge in [0, 0.05) is 24.2 Å². The summed E-state index contributed by atoms with van der Waals surface area (Å²) in [7, 11) is -1.97. The molecule has 0 saturated heterocycles. The van der Waals surface area contributed by atoms with E-state index in [1.165, 1.54) is 28.6 Å². The molecule has 1 amide bonds. The van der Waals surface area contributed by atoms with Crippen molar-refractivity contribution in [2.45, 2.75) is 23.8 Å². The van der Waals surface area contributed by atoms with Gasteiger partial charge in [0.25, 0.3) is 5.91 Å². The fourth-order valence-corrected chi connectivity index (χ4v) is 4.14. The third-order valence-corrected chi connectivity index (χ3v) is 6.45. The van der Waals surface area contributed by atoms with E-state index in [2.05, 4.69) is 15.5 Å². The van der Waals surface area contributed by atoms with Crippen LogP contribution < -0.4 is 5.32 Å². The molecule has 0 atom stereocenters. The number of anilines is 1. The van der Waals surface area contributed by atoms with Crippen molar-refractivity contribution in [1.82, 2.24) is 14.5 Å². The SMILES string of the molecule is CN(C1CC1)S(=O)(=O)c1ccc(C(=O)Nc2nnc(-c3ccccc3)o2)cc1. The Kier molecular flexibility index (Phi) is 4.70. The molecule has 1 N–H and O–H groups in total. The van der Waals surface area contributed by atoms with Crippen LogP contribution in [0.3, 0.4) is 0 Å². The number of carbonyl (C=O) groups excluding carboxylic acids is 1. The van der Waals surface area contributed by atoms with Gasteiger partial charge < -0.3 is 4.42 Å². The van der Waals surface area contributed by atoms with E-state index >= 15 is 0 Å². The smallest absolute Gasteiger partial charge is 0.322 e. The van der Waals surface area contributed by atoms with Gasteiger partial charge in [0.15, 0.2) is 0 Å². The summed E-state index contributed by atoms with van der Waals surface area (Å²) in [4.78, 5) is 12.5. The number of hydrogen-bond acceptors (Lipinski definition) is 6. The van der Waals surface area contributed by atoms with Crippen LogP contribution >= 0.6 is 0 Å². The monoisotopic (exact) mass is 398 g/mol. The number of sulfonamides is 1. The van der Waals surface area contributed by atoms with E-state index in [0.29, 0.717) is 5.89 Å². The maximum atomic E-state index is 12.5. The average Bonchev–Trinajstić information content (AvgIpc) is 3.46. The van der Waals surface area contributed by atoms with E-state index in [0.717, 1.165) is 18.4 Å². The molecule has 1 aromatic heterocycles. The number of nitrogens with zero attached hydrogens (tertiary/aromatic N) is 3. The molecule has 0 bridgehead atoms. The zero-order valence-electron chi connectivity index (χ0n) is 15.1. The van der Waals surface area contributed by atoms with Gasteiger partial charge in [-0.3, -0.25) is 10.1 Å². The van der Waals surface area contributed by atoms with Crippen LogP contribution in [0.1, 0.15) is 23.2 Å². The van der Waals surface area contributed by atoms with Crippen molar-refractivity contribution in [3.05, 3.63) is 60.2 Å². The molecule has 4 rings (SSSR count). The van der Waals surface area contributed by atoms with Gasteiger partial charge in [-0.25, -0.2) is 8.42 Å². The Morgan fingerprint density at radius 1 is 1.07 bits per heavy atom. The Morgan fingerprint density at radius 2 is 1.75 bits per heavy atom. The molecule has 28 heavy (non-hydrogen) atoms. The van der Waals surface area contributed by atoms with Crippen molar-refractivity contribution in [2.75, 3.05) is 12.4 Å². The standard InChI is InChI=1S/C19H18N4O4S/c1-23(15-9-10-15)28(25,26)16-11-7-13(8-12-16)17(24)20-19-22-21-18(27-19)14-5-3-2-4-6-14/h2-8,11-12,15H,9-10H2,1H3,(H,20,22,24). The summed E-state index contributed by atoms with van der Waals surface area (Å²) >= 11 is 0. The minimum absolute atomic E-state index is 0.0333. The lowest BCUT2D eigenvalue weighted by Crippen LogP contribution is -2.29. The summed E-state index contributed by atoms with van der Waals surface area (Å²) in [5.41, 5.74) is 1.03. The van der Waals surface area contributed by atoms with Gasteiger partial charge >= 0.3 is 6.01 Å². The van der Waals surface area contributed by atoms with Gasteiger partial charge in [0.1, 0.15) is 0 Å². The summed E-state index contributed by atoms with van der Waals surface area (Å²) in [6.07, 6.45) is 1.76. The first-order valence-electron chi connectivity index (χ1n) is 8.73. The van der Waals surface area contributed by atoms with Crippen LogP contribution in [-0.4, -0.2) is 41.9 Å². The highest BCUT2D eigenvalue weighted by atomic mass is 32.2. The van der Waals surface area contributed by atoms with Gasteiger partial charge in [-0.2, -0.15) is 4.31 Å². The Morgan fingerprint density at radius 3 is 2.39 bits per heavy atom. The molecule has 144 valence electrons. The molecule has 0 unspecified atom stereocenters. The molecule has 1 aliphatic rings. The van der Waals surface area contributed by atoms with Gasteiger partial charge in [-0.1, -0.05) is 23.3 Å². The highest BCUT2D eigenvalue weighted by molar-refractivity contribution is 7.89. The molecule has 3 aromatic rings. The maximum absolute atomic E-state index is 12.5. The van der Waals surface area contributed by atoms with Gasteiger partial charge in [-0.05, 0) is 49.2 Å². The number of nitrogens with one attached hydrogen (secondary N) is 1. The number of amides is 1. The zero-order chi connectivity index (χ0) is 19.7. The Balaban J connectivity index is 1.46. The summed E-state index contributed by atoms with van der Waals surface area (Å²) in [5.74, 6) is -0.178. The van der Waals surface area contributed by atoms with Crippen molar-refractivity contribution < 1.29 is 17.6 Å². The maximum Gasteiger partial charge on any atom is 0.322 e. The Bertz CT molecular complexity index is 1090. The molecule has 8 nitrogen and oxygen atoms in total. The average molecular weight is 398 g/mol. The minimum atomic E-state index is -3.54. The summed E-state index contributed by atoms with van der Waals surface area (Å²) in [5, 5.41) is 10.2. The van der Waals surface area contributed by atoms with E-state index in [4.69, 9.17) is 4.42 Å². The molecule has 9 heteroatoms. The normalized spacial score (nSPS) is 14.2. The molecule has 1 heterocycles. The number of aromatic nitrogens is 2. The first kappa shape index (κ1) is 18.3. The second-order valence-electron chi connectivity index (χ2n) is 6.51. The third-order valence-electron chi connectivity index (χ3n) is 4.52. The molecule has 0 radical (unpaired) electrons. The van der Waals surface area contributed by atoms with Crippen LogP contribution in [0.5, 0.6) is 0 Å². The zero-order valence-corrected chi connectivity index (χ0v) is 15.9.